The first-order valence-corrected chi connectivity index (χ1v) is 12.8. The molecule has 2 saturated heterocycles. The molecule has 0 amide bonds. The van der Waals surface area contributed by atoms with Crippen molar-refractivity contribution in [1.29, 1.82) is 0 Å². The van der Waals surface area contributed by atoms with Gasteiger partial charge in [0, 0.05) is 52.0 Å². The van der Waals surface area contributed by atoms with Crippen LogP contribution in [0.4, 0.5) is 0 Å². The first-order chi connectivity index (χ1) is 15.8. The third-order valence-corrected chi connectivity index (χ3v) is 11.9. The highest BCUT2D eigenvalue weighted by Crippen LogP contribution is 2.83. The fourth-order valence-corrected chi connectivity index (χ4v) is 11.5. The van der Waals surface area contributed by atoms with Gasteiger partial charge < -0.3 is 33.9 Å². The van der Waals surface area contributed by atoms with Gasteiger partial charge in [-0.15, -0.1) is 0 Å². The summed E-state index contributed by atoms with van der Waals surface area (Å²) in [6, 6.07) is -0.191. The molecule has 13 atom stereocenters. The number of likely N-dealkylation sites (tertiary alicyclic amines) is 1. The molecule has 186 valence electrons. The predicted molar refractivity (Wildman–Crippen MR) is 116 cm³/mol. The van der Waals surface area contributed by atoms with E-state index < -0.39 is 28.3 Å². The number of rotatable bonds is 4. The van der Waals surface area contributed by atoms with Crippen LogP contribution in [0.15, 0.2) is 0 Å². The standard InChI is InChI=1S/C25H39NO7/c1-6-26-11-21(2)8-7-15(30-4)24-18(21)19(27)25(20(24)26)23(32-12-33-25)10-14(29-3)13-9-22(24,28)17(23)16(13)31-5/h13-20,27-28H,6-12H2,1-5H3/t13?,14-,15?,16?,17?,18?,19-,20?,21-,22-,23+,24?,25?/m0/s1. The minimum atomic E-state index is -1.12. The molecule has 0 radical (unpaired) electrons. The highest BCUT2D eigenvalue weighted by molar-refractivity contribution is 5.46. The molecule has 8 unspecified atom stereocenters. The molecule has 0 aromatic heterocycles. The molecule has 2 aliphatic heterocycles. The monoisotopic (exact) mass is 465 g/mol. The number of fused-ring (bicyclic) bond motifs is 1. The van der Waals surface area contributed by atoms with Crippen molar-refractivity contribution >= 4 is 0 Å². The Kier molecular flexibility index (Phi) is 4.20. The van der Waals surface area contributed by atoms with Crippen LogP contribution < -0.4 is 0 Å². The zero-order valence-corrected chi connectivity index (χ0v) is 20.5. The van der Waals surface area contributed by atoms with Gasteiger partial charge in [0.25, 0.3) is 0 Å². The van der Waals surface area contributed by atoms with Crippen LogP contribution in [0.25, 0.3) is 0 Å². The molecular weight excluding hydrogens is 426 g/mol. The van der Waals surface area contributed by atoms with Crippen molar-refractivity contribution in [2.45, 2.75) is 86.8 Å². The van der Waals surface area contributed by atoms with Gasteiger partial charge in [-0.3, -0.25) is 4.90 Å². The molecule has 2 N–H and O–H groups in total. The Labute approximate surface area is 195 Å². The van der Waals surface area contributed by atoms with Gasteiger partial charge in [0.1, 0.15) is 18.0 Å². The fraction of sp³-hybridized carbons (Fsp3) is 1.00. The second-order valence-electron chi connectivity index (χ2n) is 12.3. The van der Waals surface area contributed by atoms with Gasteiger partial charge in [-0.2, -0.15) is 0 Å². The second-order valence-corrected chi connectivity index (χ2v) is 12.3. The third-order valence-electron chi connectivity index (χ3n) is 11.9. The predicted octanol–water partition coefficient (Wildman–Crippen LogP) is 0.779. The summed E-state index contributed by atoms with van der Waals surface area (Å²) in [6.07, 6.45) is 1.72. The maximum Gasteiger partial charge on any atom is 0.148 e. The van der Waals surface area contributed by atoms with E-state index in [1.54, 1.807) is 21.3 Å². The lowest BCUT2D eigenvalue weighted by atomic mass is 9.41. The van der Waals surface area contributed by atoms with E-state index in [-0.39, 0.29) is 54.3 Å². The van der Waals surface area contributed by atoms with E-state index in [2.05, 4.69) is 18.7 Å². The minimum Gasteiger partial charge on any atom is -0.390 e. The lowest BCUT2D eigenvalue weighted by molar-refractivity contribution is -0.332. The van der Waals surface area contributed by atoms with E-state index in [0.29, 0.717) is 12.8 Å². The molecule has 8 heteroatoms. The summed E-state index contributed by atoms with van der Waals surface area (Å²) in [5.74, 6) is -0.376. The van der Waals surface area contributed by atoms with Crippen molar-refractivity contribution in [3.8, 4) is 0 Å². The lowest BCUT2D eigenvalue weighted by Gasteiger charge is -2.72. The molecule has 0 aromatic carbocycles. The maximum absolute atomic E-state index is 13.2. The molecule has 7 rings (SSSR count). The molecule has 0 aromatic rings. The first-order valence-electron chi connectivity index (χ1n) is 12.8. The normalized spacial score (nSPS) is 64.8. The number of piperidine rings is 1. The topological polar surface area (TPSA) is 89.9 Å². The summed E-state index contributed by atoms with van der Waals surface area (Å²) in [6.45, 7) is 6.32. The highest BCUT2D eigenvalue weighted by Gasteiger charge is 2.96. The largest absolute Gasteiger partial charge is 0.390 e. The summed E-state index contributed by atoms with van der Waals surface area (Å²) in [4.78, 5) is 2.48. The average Bonchev–Trinajstić information content (AvgIpc) is 3.35. The summed E-state index contributed by atoms with van der Waals surface area (Å²) in [5, 5.41) is 25.6. The molecule has 7 aliphatic rings. The van der Waals surface area contributed by atoms with E-state index in [1.807, 2.05) is 0 Å². The number of ether oxygens (including phenoxy) is 5. The van der Waals surface area contributed by atoms with Crippen LogP contribution in [0.2, 0.25) is 0 Å². The number of likely N-dealkylation sites (N-methyl/N-ethyl adjacent to an activating group) is 1. The fourth-order valence-electron chi connectivity index (χ4n) is 11.5. The molecular formula is C25H39NO7. The Morgan fingerprint density at radius 3 is 2.52 bits per heavy atom. The zero-order valence-electron chi connectivity index (χ0n) is 20.5. The van der Waals surface area contributed by atoms with Crippen molar-refractivity contribution in [3.05, 3.63) is 0 Å². The number of hydrogen-bond acceptors (Lipinski definition) is 8. The second kappa shape index (κ2) is 6.32. The minimum absolute atomic E-state index is 0.0641. The van der Waals surface area contributed by atoms with E-state index in [9.17, 15) is 10.2 Å². The summed E-state index contributed by atoms with van der Waals surface area (Å²) < 4.78 is 31.8. The smallest absolute Gasteiger partial charge is 0.148 e. The SMILES string of the molecule is CCN1C[C@]2(C)CCC(OC)C34C1C1(OCO[C@@]15C[C@H](OC)C1C[C@]3(O)C5C1OC)[C@@H](O)C42. The van der Waals surface area contributed by atoms with E-state index >= 15 is 0 Å². The number of methoxy groups -OCH3 is 3. The van der Waals surface area contributed by atoms with Gasteiger partial charge in [-0.1, -0.05) is 13.8 Å². The quantitative estimate of drug-likeness (QED) is 0.630. The van der Waals surface area contributed by atoms with Crippen molar-refractivity contribution in [3.63, 3.8) is 0 Å². The number of aliphatic hydroxyl groups is 2. The molecule has 7 bridgehead atoms. The van der Waals surface area contributed by atoms with Gasteiger partial charge in [-0.05, 0) is 31.2 Å². The van der Waals surface area contributed by atoms with Gasteiger partial charge in [0.2, 0.25) is 0 Å². The van der Waals surface area contributed by atoms with Crippen molar-refractivity contribution in [1.82, 2.24) is 4.90 Å². The van der Waals surface area contributed by atoms with Crippen LogP contribution in [0.3, 0.4) is 0 Å². The Bertz CT molecular complexity index is 874. The summed E-state index contributed by atoms with van der Waals surface area (Å²) in [7, 11) is 5.25. The van der Waals surface area contributed by atoms with Crippen molar-refractivity contribution in [2.24, 2.45) is 28.6 Å². The van der Waals surface area contributed by atoms with Crippen molar-refractivity contribution in [2.75, 3.05) is 41.2 Å². The molecule has 33 heavy (non-hydrogen) atoms. The van der Waals surface area contributed by atoms with Crippen LogP contribution in [-0.4, -0.2) is 104 Å². The number of aliphatic hydroxyl groups excluding tert-OH is 1. The number of hydrogen-bond donors (Lipinski definition) is 2. The van der Waals surface area contributed by atoms with Crippen molar-refractivity contribution < 1.29 is 33.9 Å². The van der Waals surface area contributed by atoms with Gasteiger partial charge in [0.15, 0.2) is 0 Å². The molecule has 5 aliphatic carbocycles. The molecule has 3 spiro atoms. The summed E-state index contributed by atoms with van der Waals surface area (Å²) >= 11 is 0. The van der Waals surface area contributed by atoms with Gasteiger partial charge in [-0.25, -0.2) is 0 Å². The van der Waals surface area contributed by atoms with Crippen LogP contribution >= 0.6 is 0 Å². The van der Waals surface area contributed by atoms with Crippen LogP contribution in [0.1, 0.15) is 39.5 Å². The zero-order chi connectivity index (χ0) is 23.2. The Morgan fingerprint density at radius 1 is 1.06 bits per heavy atom. The van der Waals surface area contributed by atoms with Crippen LogP contribution in [0, 0.1) is 28.6 Å². The van der Waals surface area contributed by atoms with Gasteiger partial charge >= 0.3 is 0 Å². The molecule has 7 fully saturated rings. The van der Waals surface area contributed by atoms with Crippen LogP contribution in [0.5, 0.6) is 0 Å². The summed E-state index contributed by atoms with van der Waals surface area (Å²) in [5.41, 5.74) is -3.76. The molecule has 8 nitrogen and oxygen atoms in total. The molecule has 2 heterocycles. The Balaban J connectivity index is 1.60. The van der Waals surface area contributed by atoms with Gasteiger partial charge in [0.05, 0.1) is 41.5 Å². The van der Waals surface area contributed by atoms with E-state index in [4.69, 9.17) is 23.7 Å². The highest BCUT2D eigenvalue weighted by atomic mass is 16.7. The van der Waals surface area contributed by atoms with E-state index in [0.717, 1.165) is 25.9 Å². The Morgan fingerprint density at radius 2 is 1.85 bits per heavy atom. The van der Waals surface area contributed by atoms with E-state index in [1.165, 1.54) is 0 Å². The first kappa shape index (κ1) is 21.9. The third kappa shape index (κ3) is 1.85. The number of nitrogens with zero attached hydrogens (tertiary/aromatic N) is 1. The van der Waals surface area contributed by atoms with Crippen LogP contribution in [-0.2, 0) is 23.7 Å². The maximum atomic E-state index is 13.2. The average molecular weight is 466 g/mol. The molecule has 5 saturated carbocycles. The lowest BCUT2D eigenvalue weighted by Crippen LogP contribution is -2.85. The Hall–Kier alpha value is -0.320.